The number of anilines is 6. The minimum Gasteiger partial charge on any atom is -0.310 e. The third-order valence-electron chi connectivity index (χ3n) is 13.0. The fourth-order valence-electron chi connectivity index (χ4n) is 9.55. The van der Waals surface area contributed by atoms with Crippen molar-refractivity contribution in [3.63, 3.8) is 0 Å². The number of hydrogen-bond donors (Lipinski definition) is 0. The van der Waals surface area contributed by atoms with Crippen LogP contribution in [-0.2, 0) is 0 Å². The number of rotatable bonds is 11. The number of pyridine rings is 3. The van der Waals surface area contributed by atoms with E-state index in [1.54, 1.807) is 0 Å². The van der Waals surface area contributed by atoms with Crippen LogP contribution in [0, 0.1) is 0 Å². The van der Waals surface area contributed by atoms with E-state index in [9.17, 15) is 0 Å². The summed E-state index contributed by atoms with van der Waals surface area (Å²) < 4.78 is 0. The molecule has 0 saturated heterocycles. The second-order valence-electron chi connectivity index (χ2n) is 17.3. The first-order valence-electron chi connectivity index (χ1n) is 23.6. The van der Waals surface area contributed by atoms with Gasteiger partial charge in [0, 0.05) is 64.1 Å². The van der Waals surface area contributed by atoms with Crippen molar-refractivity contribution >= 4 is 55.8 Å². The number of fused-ring (bicyclic) bond motifs is 2. The molecule has 0 amide bonds. The Hall–Kier alpha value is -9.45. The van der Waals surface area contributed by atoms with E-state index >= 15 is 0 Å². The van der Waals surface area contributed by atoms with Gasteiger partial charge in [-0.05, 0) is 159 Å². The lowest BCUT2D eigenvalue weighted by molar-refractivity contribution is 1.25. The zero-order valence-corrected chi connectivity index (χ0v) is 38.2. The highest BCUT2D eigenvalue weighted by Gasteiger charge is 2.27. The van der Waals surface area contributed by atoms with Crippen molar-refractivity contribution < 1.29 is 0 Å². The Morgan fingerprint density at radius 2 is 0.743 bits per heavy atom. The van der Waals surface area contributed by atoms with E-state index in [1.807, 2.05) is 43.0 Å². The van der Waals surface area contributed by atoms with E-state index in [0.29, 0.717) is 0 Å². The van der Waals surface area contributed by atoms with Crippen LogP contribution in [0.3, 0.4) is 0 Å². The molecule has 0 aliphatic carbocycles. The molecular formula is C65H45N5. The minimum atomic E-state index is 0.922. The van der Waals surface area contributed by atoms with E-state index in [-0.39, 0.29) is 0 Å². The summed E-state index contributed by atoms with van der Waals surface area (Å²) in [6.07, 6.45) is 7.44. The lowest BCUT2D eigenvalue weighted by Gasteiger charge is -2.34. The van der Waals surface area contributed by atoms with Gasteiger partial charge in [0.2, 0.25) is 0 Å². The van der Waals surface area contributed by atoms with Gasteiger partial charge in [0.15, 0.2) is 0 Å². The van der Waals surface area contributed by atoms with Gasteiger partial charge in [-0.25, -0.2) is 0 Å². The van der Waals surface area contributed by atoms with Crippen LogP contribution in [0.4, 0.5) is 34.1 Å². The second kappa shape index (κ2) is 18.7. The van der Waals surface area contributed by atoms with Gasteiger partial charge in [-0.2, -0.15) is 0 Å². The standard InChI is InChI=1S/C65H45N5/c1-3-12-46(13-4-1)48-22-29-59(30-23-48)70(60-33-26-51(27-34-60)61-19-9-10-38-67-61)64-45-56(50-36-40-66-41-37-50)44-63(65(64)55-28-35-62-54(43-55)16-11-39-68-62)69(57-17-5-2-6-18-57)58-31-24-49(25-32-58)53-21-20-47-14-7-8-15-52(47)42-53/h1-45H. The largest absolute Gasteiger partial charge is 0.310 e. The quantitative estimate of drug-likeness (QED) is 0.129. The summed E-state index contributed by atoms with van der Waals surface area (Å²) in [6.45, 7) is 0. The minimum absolute atomic E-state index is 0.922. The second-order valence-corrected chi connectivity index (χ2v) is 17.3. The maximum Gasteiger partial charge on any atom is 0.0702 e. The number of para-hydroxylation sites is 1. The van der Waals surface area contributed by atoms with Gasteiger partial charge >= 0.3 is 0 Å². The average Bonchev–Trinajstić information content (AvgIpc) is 3.44. The Kier molecular flexibility index (Phi) is 11.2. The molecule has 0 unspecified atom stereocenters. The van der Waals surface area contributed by atoms with E-state index in [0.717, 1.165) is 95.2 Å². The lowest BCUT2D eigenvalue weighted by Crippen LogP contribution is -2.16. The molecule has 3 aromatic heterocycles. The molecule has 5 heteroatoms. The Labute approximate surface area is 407 Å². The predicted octanol–water partition coefficient (Wildman–Crippen LogP) is 17.5. The average molecular weight is 896 g/mol. The van der Waals surface area contributed by atoms with Gasteiger partial charge < -0.3 is 9.80 Å². The summed E-state index contributed by atoms with van der Waals surface area (Å²) >= 11 is 0. The van der Waals surface area contributed by atoms with Crippen molar-refractivity contribution in [3.05, 3.63) is 274 Å². The zero-order valence-electron chi connectivity index (χ0n) is 38.2. The van der Waals surface area contributed by atoms with Crippen molar-refractivity contribution in [2.24, 2.45) is 0 Å². The Morgan fingerprint density at radius 1 is 0.257 bits per heavy atom. The van der Waals surface area contributed by atoms with Crippen LogP contribution in [0.15, 0.2) is 274 Å². The fraction of sp³-hybridized carbons (Fsp3) is 0. The molecule has 70 heavy (non-hydrogen) atoms. The van der Waals surface area contributed by atoms with Gasteiger partial charge in [-0.3, -0.25) is 15.0 Å². The van der Waals surface area contributed by atoms with E-state index < -0.39 is 0 Å². The smallest absolute Gasteiger partial charge is 0.0702 e. The molecule has 12 aromatic rings. The third-order valence-corrected chi connectivity index (χ3v) is 13.0. The lowest BCUT2D eigenvalue weighted by atomic mass is 9.92. The number of nitrogens with zero attached hydrogens (tertiary/aromatic N) is 5. The van der Waals surface area contributed by atoms with Crippen molar-refractivity contribution in [1.82, 2.24) is 15.0 Å². The van der Waals surface area contributed by atoms with E-state index in [4.69, 9.17) is 9.97 Å². The van der Waals surface area contributed by atoms with Crippen LogP contribution in [0.1, 0.15) is 0 Å². The maximum absolute atomic E-state index is 4.76. The van der Waals surface area contributed by atoms with Gasteiger partial charge in [0.05, 0.1) is 22.6 Å². The molecule has 3 heterocycles. The molecule has 0 spiro atoms. The van der Waals surface area contributed by atoms with Crippen LogP contribution in [0.25, 0.3) is 77.4 Å². The summed E-state index contributed by atoms with van der Waals surface area (Å²) in [5, 5.41) is 3.50. The van der Waals surface area contributed by atoms with Crippen LogP contribution in [-0.4, -0.2) is 15.0 Å². The highest BCUT2D eigenvalue weighted by atomic mass is 15.2. The molecule has 0 aliphatic heterocycles. The van der Waals surface area contributed by atoms with Crippen molar-refractivity contribution in [1.29, 1.82) is 0 Å². The topological polar surface area (TPSA) is 45.2 Å². The predicted molar refractivity (Wildman–Crippen MR) is 291 cm³/mol. The third kappa shape index (κ3) is 8.33. The van der Waals surface area contributed by atoms with Gasteiger partial charge in [-0.15, -0.1) is 0 Å². The van der Waals surface area contributed by atoms with Crippen LogP contribution in [0.5, 0.6) is 0 Å². The Morgan fingerprint density at radius 3 is 1.40 bits per heavy atom. The molecular weight excluding hydrogens is 851 g/mol. The SMILES string of the molecule is c1ccc(-c2ccc(N(c3ccc(-c4ccccn4)cc3)c3cc(-c4ccncc4)cc(N(c4ccccc4)c4ccc(-c5ccc6ccccc6c5)cc4)c3-c3ccc4ncccc4c3)cc2)cc1. The number of aromatic nitrogens is 3. The number of benzene rings is 9. The molecule has 0 saturated carbocycles. The van der Waals surface area contributed by atoms with Gasteiger partial charge in [0.25, 0.3) is 0 Å². The van der Waals surface area contributed by atoms with E-state index in [2.05, 4.69) is 245 Å². The highest BCUT2D eigenvalue weighted by molar-refractivity contribution is 6.03. The summed E-state index contributed by atoms with van der Waals surface area (Å²) in [5.41, 5.74) is 17.8. The van der Waals surface area contributed by atoms with Crippen molar-refractivity contribution in [2.75, 3.05) is 9.80 Å². The van der Waals surface area contributed by atoms with Crippen LogP contribution in [0.2, 0.25) is 0 Å². The first kappa shape index (κ1) is 41.9. The van der Waals surface area contributed by atoms with Gasteiger partial charge in [-0.1, -0.05) is 140 Å². The Bertz CT molecular complexity index is 3650. The molecule has 12 rings (SSSR count). The molecule has 0 radical (unpaired) electrons. The monoisotopic (exact) mass is 895 g/mol. The fourth-order valence-corrected chi connectivity index (χ4v) is 9.55. The number of hydrogen-bond acceptors (Lipinski definition) is 5. The molecule has 9 aromatic carbocycles. The molecule has 330 valence electrons. The van der Waals surface area contributed by atoms with Crippen LogP contribution >= 0.6 is 0 Å². The van der Waals surface area contributed by atoms with E-state index in [1.165, 1.54) is 16.3 Å². The van der Waals surface area contributed by atoms with Crippen LogP contribution < -0.4 is 9.80 Å². The normalized spacial score (nSPS) is 11.1. The van der Waals surface area contributed by atoms with Crippen molar-refractivity contribution in [2.45, 2.75) is 0 Å². The Balaban J connectivity index is 1.13. The summed E-state index contributed by atoms with van der Waals surface area (Å²) in [4.78, 5) is 18.7. The summed E-state index contributed by atoms with van der Waals surface area (Å²) in [5.74, 6) is 0. The molecule has 0 atom stereocenters. The molecule has 0 bridgehead atoms. The summed E-state index contributed by atoms with van der Waals surface area (Å²) in [7, 11) is 0. The molecule has 0 aliphatic rings. The molecule has 0 fully saturated rings. The van der Waals surface area contributed by atoms with Gasteiger partial charge in [0.1, 0.15) is 0 Å². The first-order valence-corrected chi connectivity index (χ1v) is 23.6. The first-order chi connectivity index (χ1) is 34.7. The molecule has 5 nitrogen and oxygen atoms in total. The highest BCUT2D eigenvalue weighted by Crippen LogP contribution is 2.51. The summed E-state index contributed by atoms with van der Waals surface area (Å²) in [6, 6.07) is 88.9. The zero-order chi connectivity index (χ0) is 46.6. The maximum atomic E-state index is 4.76. The molecule has 0 N–H and O–H groups in total. The van der Waals surface area contributed by atoms with Crippen molar-refractivity contribution in [3.8, 4) is 55.8 Å².